The molecular formula is C35H27N3. The van der Waals surface area contributed by atoms with Crippen LogP contribution in [-0.4, -0.2) is 14.5 Å². The van der Waals surface area contributed by atoms with Gasteiger partial charge in [0.2, 0.25) is 5.95 Å². The molecule has 0 radical (unpaired) electrons. The highest BCUT2D eigenvalue weighted by Crippen LogP contribution is 2.50. The molecule has 0 saturated carbocycles. The van der Waals surface area contributed by atoms with Crippen molar-refractivity contribution in [3.8, 4) is 17.1 Å². The summed E-state index contributed by atoms with van der Waals surface area (Å²) in [7, 11) is 0. The molecule has 3 nitrogen and oxygen atoms in total. The van der Waals surface area contributed by atoms with E-state index in [0.29, 0.717) is 0 Å². The van der Waals surface area contributed by atoms with Gasteiger partial charge in [-0.2, -0.15) is 0 Å². The van der Waals surface area contributed by atoms with Gasteiger partial charge in [-0.15, -0.1) is 0 Å². The van der Waals surface area contributed by atoms with E-state index in [-0.39, 0.29) is 5.41 Å². The van der Waals surface area contributed by atoms with E-state index >= 15 is 0 Å². The first kappa shape index (κ1) is 21.6. The van der Waals surface area contributed by atoms with Crippen molar-refractivity contribution < 1.29 is 0 Å². The van der Waals surface area contributed by atoms with Gasteiger partial charge in [0.15, 0.2) is 0 Å². The van der Waals surface area contributed by atoms with Crippen LogP contribution in [0.2, 0.25) is 0 Å². The number of hydrogen-bond donors (Lipinski definition) is 0. The van der Waals surface area contributed by atoms with E-state index in [4.69, 9.17) is 9.97 Å². The molecule has 3 heteroatoms. The Morgan fingerprint density at radius 3 is 2.34 bits per heavy atom. The molecule has 2 heterocycles. The number of fused-ring (bicyclic) bond motifs is 7. The van der Waals surface area contributed by atoms with Gasteiger partial charge in [0.05, 0.1) is 22.2 Å². The minimum atomic E-state index is -0.0749. The molecule has 8 rings (SSSR count). The maximum atomic E-state index is 5.27. The zero-order chi connectivity index (χ0) is 25.4. The molecule has 38 heavy (non-hydrogen) atoms. The quantitative estimate of drug-likeness (QED) is 0.243. The van der Waals surface area contributed by atoms with Crippen LogP contribution in [0.4, 0.5) is 0 Å². The standard InChI is InChI=1S/C35H27N3/c1-35(2)28-17-9-6-14-23(28)26-20-27-24-15-8-11-19-31(24)38(32(27)21-29(26)35)34-36-30-18-10-7-16-25(30)33(37-34)22-12-4-3-5-13-22/h4,6-21H,3,5H2,1-2H3. The van der Waals surface area contributed by atoms with Crippen LogP contribution in [-0.2, 0) is 5.41 Å². The van der Waals surface area contributed by atoms with Gasteiger partial charge < -0.3 is 0 Å². The highest BCUT2D eigenvalue weighted by atomic mass is 15.2. The largest absolute Gasteiger partial charge is 0.278 e. The lowest BCUT2D eigenvalue weighted by molar-refractivity contribution is 0.661. The molecule has 0 atom stereocenters. The first-order valence-corrected chi connectivity index (χ1v) is 13.4. The normalized spacial score (nSPS) is 15.7. The van der Waals surface area contributed by atoms with Gasteiger partial charge in [-0.05, 0) is 64.9 Å². The van der Waals surface area contributed by atoms with Crippen molar-refractivity contribution in [2.45, 2.75) is 32.1 Å². The predicted molar refractivity (Wildman–Crippen MR) is 158 cm³/mol. The number of hydrogen-bond acceptors (Lipinski definition) is 2. The number of allylic oxidation sites excluding steroid dienone is 4. The Morgan fingerprint density at radius 1 is 0.684 bits per heavy atom. The second-order valence-electron chi connectivity index (χ2n) is 11.0. The van der Waals surface area contributed by atoms with Crippen molar-refractivity contribution in [2.75, 3.05) is 0 Å². The molecule has 0 N–H and O–H groups in total. The summed E-state index contributed by atoms with van der Waals surface area (Å²) in [6.07, 6.45) is 8.87. The molecule has 4 aromatic carbocycles. The molecule has 0 spiro atoms. The maximum Gasteiger partial charge on any atom is 0.235 e. The third-order valence-corrected chi connectivity index (χ3v) is 8.44. The van der Waals surface area contributed by atoms with E-state index in [1.165, 1.54) is 38.6 Å². The topological polar surface area (TPSA) is 30.7 Å². The van der Waals surface area contributed by atoms with Gasteiger partial charge in [-0.1, -0.05) is 92.7 Å². The fourth-order valence-corrected chi connectivity index (χ4v) is 6.55. The lowest BCUT2D eigenvalue weighted by atomic mass is 9.82. The zero-order valence-corrected chi connectivity index (χ0v) is 21.6. The Labute approximate surface area is 221 Å². The Hall–Kier alpha value is -4.50. The molecular weight excluding hydrogens is 462 g/mol. The second kappa shape index (κ2) is 7.75. The first-order valence-electron chi connectivity index (χ1n) is 13.4. The van der Waals surface area contributed by atoms with Crippen molar-refractivity contribution in [2.24, 2.45) is 0 Å². The van der Waals surface area contributed by atoms with Gasteiger partial charge in [0, 0.05) is 21.6 Å². The summed E-state index contributed by atoms with van der Waals surface area (Å²) in [6, 6.07) is 30.6. The summed E-state index contributed by atoms with van der Waals surface area (Å²) in [4.78, 5) is 10.4. The molecule has 0 unspecified atom stereocenters. The molecule has 0 saturated heterocycles. The highest BCUT2D eigenvalue weighted by molar-refractivity contribution is 6.11. The summed E-state index contributed by atoms with van der Waals surface area (Å²) >= 11 is 0. The van der Waals surface area contributed by atoms with E-state index < -0.39 is 0 Å². The molecule has 2 aliphatic rings. The summed E-state index contributed by atoms with van der Waals surface area (Å²) in [6.45, 7) is 4.67. The third-order valence-electron chi connectivity index (χ3n) is 8.44. The van der Waals surface area contributed by atoms with Crippen LogP contribution < -0.4 is 0 Å². The minimum Gasteiger partial charge on any atom is -0.278 e. The molecule has 6 aromatic rings. The first-order chi connectivity index (χ1) is 18.6. The third kappa shape index (κ3) is 2.90. The maximum absolute atomic E-state index is 5.27. The van der Waals surface area contributed by atoms with Crippen molar-refractivity contribution in [3.63, 3.8) is 0 Å². The van der Waals surface area contributed by atoms with Crippen LogP contribution in [0.3, 0.4) is 0 Å². The predicted octanol–water partition coefficient (Wildman–Crippen LogP) is 8.77. The van der Waals surface area contributed by atoms with Gasteiger partial charge in [-0.3, -0.25) is 4.57 Å². The average Bonchev–Trinajstić information content (AvgIpc) is 3.41. The Kier molecular flexibility index (Phi) is 4.40. The van der Waals surface area contributed by atoms with Crippen LogP contribution in [0.25, 0.3) is 55.4 Å². The second-order valence-corrected chi connectivity index (χ2v) is 11.0. The number of benzene rings is 4. The molecule has 182 valence electrons. The van der Waals surface area contributed by atoms with Gasteiger partial charge >= 0.3 is 0 Å². The van der Waals surface area contributed by atoms with E-state index in [1.54, 1.807) is 0 Å². The monoisotopic (exact) mass is 489 g/mol. The average molecular weight is 490 g/mol. The van der Waals surface area contributed by atoms with E-state index in [1.807, 2.05) is 0 Å². The Balaban J connectivity index is 1.48. The van der Waals surface area contributed by atoms with Crippen molar-refractivity contribution in [1.82, 2.24) is 14.5 Å². The van der Waals surface area contributed by atoms with Crippen LogP contribution in [0.15, 0.2) is 103 Å². The van der Waals surface area contributed by atoms with E-state index in [9.17, 15) is 0 Å². The zero-order valence-electron chi connectivity index (χ0n) is 21.6. The van der Waals surface area contributed by atoms with Crippen LogP contribution in [0, 0.1) is 0 Å². The Morgan fingerprint density at radius 2 is 1.47 bits per heavy atom. The lowest BCUT2D eigenvalue weighted by Crippen LogP contribution is -2.15. The molecule has 0 amide bonds. The van der Waals surface area contributed by atoms with Crippen molar-refractivity contribution in [1.29, 1.82) is 0 Å². The van der Waals surface area contributed by atoms with Crippen LogP contribution in [0.1, 0.15) is 43.5 Å². The summed E-state index contributed by atoms with van der Waals surface area (Å²) < 4.78 is 2.27. The van der Waals surface area contributed by atoms with Crippen molar-refractivity contribution in [3.05, 3.63) is 120 Å². The summed E-state index contributed by atoms with van der Waals surface area (Å²) in [5.74, 6) is 0.720. The molecule has 0 bridgehead atoms. The number of para-hydroxylation sites is 2. The number of aromatic nitrogens is 3. The minimum absolute atomic E-state index is 0.0749. The summed E-state index contributed by atoms with van der Waals surface area (Å²) in [5, 5.41) is 3.55. The molecule has 0 fully saturated rings. The molecule has 2 aliphatic carbocycles. The Bertz CT molecular complexity index is 2000. The molecule has 0 aliphatic heterocycles. The van der Waals surface area contributed by atoms with Crippen LogP contribution in [0.5, 0.6) is 0 Å². The van der Waals surface area contributed by atoms with Gasteiger partial charge in [0.25, 0.3) is 0 Å². The van der Waals surface area contributed by atoms with Crippen molar-refractivity contribution >= 4 is 38.3 Å². The highest BCUT2D eigenvalue weighted by Gasteiger charge is 2.36. The fourth-order valence-electron chi connectivity index (χ4n) is 6.55. The number of nitrogens with zero attached hydrogens (tertiary/aromatic N) is 3. The lowest BCUT2D eigenvalue weighted by Gasteiger charge is -2.21. The molecule has 2 aromatic heterocycles. The number of rotatable bonds is 2. The smallest absolute Gasteiger partial charge is 0.235 e. The van der Waals surface area contributed by atoms with E-state index in [0.717, 1.165) is 46.4 Å². The van der Waals surface area contributed by atoms with Gasteiger partial charge in [-0.25, -0.2) is 9.97 Å². The fraction of sp³-hybridized carbons (Fsp3) is 0.143. The van der Waals surface area contributed by atoms with E-state index in [2.05, 4.69) is 122 Å². The SMILES string of the molecule is CC1(C)c2ccccc2-c2cc3c4ccccc4n(-c4nc(C5=CCCC=C5)c5ccccc5n4)c3cc21. The summed E-state index contributed by atoms with van der Waals surface area (Å²) in [5.41, 5.74) is 10.8. The van der Waals surface area contributed by atoms with Crippen LogP contribution >= 0.6 is 0 Å². The van der Waals surface area contributed by atoms with Gasteiger partial charge in [0.1, 0.15) is 0 Å².